The van der Waals surface area contributed by atoms with Gasteiger partial charge < -0.3 is 10.3 Å². The Balaban J connectivity index is 2.04. The van der Waals surface area contributed by atoms with Crippen LogP contribution in [0.4, 0.5) is 0 Å². The van der Waals surface area contributed by atoms with Crippen molar-refractivity contribution in [3.8, 4) is 0 Å². The molecule has 0 amide bonds. The second-order valence-electron chi connectivity index (χ2n) is 5.63. The second-order valence-corrected chi connectivity index (χ2v) is 5.63. The van der Waals surface area contributed by atoms with E-state index in [1.54, 1.807) is 6.07 Å². The van der Waals surface area contributed by atoms with Crippen LogP contribution in [-0.2, 0) is 6.54 Å². The Kier molecular flexibility index (Phi) is 4.53. The average Bonchev–Trinajstić information content (AvgIpc) is 2.81. The van der Waals surface area contributed by atoms with Gasteiger partial charge in [0.2, 0.25) is 0 Å². The van der Waals surface area contributed by atoms with Gasteiger partial charge in [-0.25, -0.2) is 4.98 Å². The number of rotatable bonds is 5. The Labute approximate surface area is 108 Å². The van der Waals surface area contributed by atoms with E-state index >= 15 is 0 Å². The number of nitrogens with one attached hydrogen (secondary N) is 2. The minimum absolute atomic E-state index is 0.0201. The van der Waals surface area contributed by atoms with Crippen molar-refractivity contribution in [2.45, 2.75) is 52.0 Å². The number of hydrogen-bond acceptors (Lipinski definition) is 3. The molecule has 0 bridgehead atoms. The summed E-state index contributed by atoms with van der Waals surface area (Å²) in [5, 5.41) is 3.33. The van der Waals surface area contributed by atoms with Crippen LogP contribution in [0, 0.1) is 5.92 Å². The summed E-state index contributed by atoms with van der Waals surface area (Å²) in [5.74, 6) is 1.96. The molecule has 1 saturated carbocycles. The van der Waals surface area contributed by atoms with Crippen LogP contribution >= 0.6 is 0 Å². The molecule has 1 aromatic heterocycles. The van der Waals surface area contributed by atoms with Gasteiger partial charge in [0.15, 0.2) is 0 Å². The second kappa shape index (κ2) is 6.14. The van der Waals surface area contributed by atoms with Gasteiger partial charge in [-0.15, -0.1) is 0 Å². The number of aromatic nitrogens is 2. The van der Waals surface area contributed by atoms with E-state index in [1.165, 1.54) is 12.8 Å². The Morgan fingerprint density at radius 3 is 2.83 bits per heavy atom. The molecule has 0 radical (unpaired) electrons. The first kappa shape index (κ1) is 13.3. The lowest BCUT2D eigenvalue weighted by Crippen LogP contribution is -2.22. The molecule has 4 heteroatoms. The van der Waals surface area contributed by atoms with Crippen molar-refractivity contribution in [2.75, 3.05) is 6.54 Å². The minimum atomic E-state index is -0.0201. The zero-order chi connectivity index (χ0) is 13.0. The molecule has 1 aliphatic carbocycles. The van der Waals surface area contributed by atoms with Crippen LogP contribution in [0.15, 0.2) is 10.9 Å². The molecule has 0 aliphatic heterocycles. The number of hydrogen-bond donors (Lipinski definition) is 2. The molecule has 4 nitrogen and oxygen atoms in total. The fraction of sp³-hybridized carbons (Fsp3) is 0.714. The maximum absolute atomic E-state index is 11.6. The lowest BCUT2D eigenvalue weighted by Gasteiger charge is -2.11. The lowest BCUT2D eigenvalue weighted by atomic mass is 10.1. The van der Waals surface area contributed by atoms with Gasteiger partial charge in [-0.3, -0.25) is 4.79 Å². The van der Waals surface area contributed by atoms with Crippen LogP contribution in [0.25, 0.3) is 0 Å². The molecule has 0 unspecified atom stereocenters. The standard InChI is InChI=1S/C14H23N3O/c1-10(2)8-15-9-12-7-13(18)17-14(16-12)11-5-3-4-6-11/h7,10-11,15H,3-6,8-9H2,1-2H3,(H,16,17,18). The van der Waals surface area contributed by atoms with Crippen molar-refractivity contribution < 1.29 is 0 Å². The van der Waals surface area contributed by atoms with Gasteiger partial charge in [0.25, 0.3) is 5.56 Å². The molecular weight excluding hydrogens is 226 g/mol. The fourth-order valence-corrected chi connectivity index (χ4v) is 2.50. The topological polar surface area (TPSA) is 57.8 Å². The van der Waals surface area contributed by atoms with Crippen LogP contribution in [0.1, 0.15) is 57.0 Å². The molecule has 1 aliphatic rings. The zero-order valence-corrected chi connectivity index (χ0v) is 11.3. The van der Waals surface area contributed by atoms with E-state index in [4.69, 9.17) is 0 Å². The maximum atomic E-state index is 11.6. The van der Waals surface area contributed by atoms with Gasteiger partial charge in [-0.05, 0) is 25.3 Å². The highest BCUT2D eigenvalue weighted by Crippen LogP contribution is 2.31. The summed E-state index contributed by atoms with van der Waals surface area (Å²) in [5.41, 5.74) is 0.842. The molecule has 2 rings (SSSR count). The number of aromatic amines is 1. The summed E-state index contributed by atoms with van der Waals surface area (Å²) < 4.78 is 0. The van der Waals surface area contributed by atoms with Gasteiger partial charge in [0.05, 0.1) is 5.69 Å². The SMILES string of the molecule is CC(C)CNCc1cc(=O)[nH]c(C2CCCC2)n1. The highest BCUT2D eigenvalue weighted by molar-refractivity contribution is 5.07. The molecular formula is C14H23N3O. The highest BCUT2D eigenvalue weighted by Gasteiger charge is 2.19. The van der Waals surface area contributed by atoms with E-state index in [0.29, 0.717) is 18.4 Å². The van der Waals surface area contributed by atoms with Crippen molar-refractivity contribution in [3.05, 3.63) is 27.9 Å². The van der Waals surface area contributed by atoms with E-state index in [-0.39, 0.29) is 5.56 Å². The van der Waals surface area contributed by atoms with Crippen molar-refractivity contribution in [3.63, 3.8) is 0 Å². The van der Waals surface area contributed by atoms with Gasteiger partial charge in [-0.2, -0.15) is 0 Å². The quantitative estimate of drug-likeness (QED) is 0.841. The maximum Gasteiger partial charge on any atom is 0.251 e. The Morgan fingerprint density at radius 1 is 1.44 bits per heavy atom. The Bertz CT molecular complexity index is 433. The molecule has 18 heavy (non-hydrogen) atoms. The van der Waals surface area contributed by atoms with Crippen LogP contribution < -0.4 is 10.9 Å². The van der Waals surface area contributed by atoms with Crippen molar-refractivity contribution in [2.24, 2.45) is 5.92 Å². The largest absolute Gasteiger partial charge is 0.311 e. The fourth-order valence-electron chi connectivity index (χ4n) is 2.50. The summed E-state index contributed by atoms with van der Waals surface area (Å²) in [7, 11) is 0. The Hall–Kier alpha value is -1.16. The third-order valence-corrected chi connectivity index (χ3v) is 3.41. The molecule has 1 heterocycles. The molecule has 2 N–H and O–H groups in total. The van der Waals surface area contributed by atoms with Crippen LogP contribution in [0.5, 0.6) is 0 Å². The Morgan fingerprint density at radius 2 is 2.17 bits per heavy atom. The molecule has 0 saturated heterocycles. The van der Waals surface area contributed by atoms with E-state index in [9.17, 15) is 4.79 Å². The third kappa shape index (κ3) is 3.67. The van der Waals surface area contributed by atoms with E-state index in [0.717, 1.165) is 30.9 Å². The van der Waals surface area contributed by atoms with Crippen molar-refractivity contribution >= 4 is 0 Å². The first-order valence-electron chi connectivity index (χ1n) is 6.96. The lowest BCUT2D eigenvalue weighted by molar-refractivity contribution is 0.544. The van der Waals surface area contributed by atoms with Crippen molar-refractivity contribution in [1.82, 2.24) is 15.3 Å². The summed E-state index contributed by atoms with van der Waals surface area (Å²) in [6.07, 6.45) is 4.83. The monoisotopic (exact) mass is 249 g/mol. The average molecular weight is 249 g/mol. The van der Waals surface area contributed by atoms with Crippen LogP contribution in [0.3, 0.4) is 0 Å². The molecule has 1 aromatic rings. The predicted molar refractivity (Wildman–Crippen MR) is 72.6 cm³/mol. The molecule has 0 atom stereocenters. The molecule has 100 valence electrons. The van der Waals surface area contributed by atoms with E-state index < -0.39 is 0 Å². The van der Waals surface area contributed by atoms with E-state index in [1.807, 2.05) is 0 Å². The molecule has 0 spiro atoms. The highest BCUT2D eigenvalue weighted by atomic mass is 16.1. The van der Waals surface area contributed by atoms with Gasteiger partial charge in [0.1, 0.15) is 5.82 Å². The van der Waals surface area contributed by atoms with Gasteiger partial charge >= 0.3 is 0 Å². The zero-order valence-electron chi connectivity index (χ0n) is 11.3. The molecule has 1 fully saturated rings. The number of H-pyrrole nitrogens is 1. The van der Waals surface area contributed by atoms with Gasteiger partial charge in [-0.1, -0.05) is 26.7 Å². The van der Waals surface area contributed by atoms with Gasteiger partial charge in [0, 0.05) is 18.5 Å². The smallest absolute Gasteiger partial charge is 0.251 e. The summed E-state index contributed by atoms with van der Waals surface area (Å²) >= 11 is 0. The molecule has 0 aromatic carbocycles. The normalized spacial score (nSPS) is 16.6. The van der Waals surface area contributed by atoms with Crippen LogP contribution in [-0.4, -0.2) is 16.5 Å². The first-order valence-corrected chi connectivity index (χ1v) is 6.96. The third-order valence-electron chi connectivity index (χ3n) is 3.41. The predicted octanol–water partition coefficient (Wildman–Crippen LogP) is 2.17. The summed E-state index contributed by atoms with van der Waals surface area (Å²) in [6, 6.07) is 1.60. The minimum Gasteiger partial charge on any atom is -0.311 e. The summed E-state index contributed by atoms with van der Waals surface area (Å²) in [4.78, 5) is 19.1. The van der Waals surface area contributed by atoms with Crippen LogP contribution in [0.2, 0.25) is 0 Å². The summed E-state index contributed by atoms with van der Waals surface area (Å²) in [6.45, 7) is 5.97. The van der Waals surface area contributed by atoms with E-state index in [2.05, 4.69) is 29.1 Å². The van der Waals surface area contributed by atoms with Crippen molar-refractivity contribution in [1.29, 1.82) is 0 Å². The number of nitrogens with zero attached hydrogens (tertiary/aromatic N) is 1. The first-order chi connectivity index (χ1) is 8.65.